The van der Waals surface area contributed by atoms with Crippen molar-refractivity contribution in [2.75, 3.05) is 11.9 Å². The van der Waals surface area contributed by atoms with Gasteiger partial charge in [-0.25, -0.2) is 35.8 Å². The number of halogens is 4. The Balaban J connectivity index is 1.42. The van der Waals surface area contributed by atoms with Crippen LogP contribution in [0.1, 0.15) is 111 Å². The molecule has 4 fully saturated rings. The molecule has 2 saturated heterocycles. The molecule has 1 unspecified atom stereocenters. The summed E-state index contributed by atoms with van der Waals surface area (Å²) in [6.07, 6.45) is -4.44. The number of aliphatic imine (C=N–C) groups is 1. The molecule has 2 saturated carbocycles. The number of benzene rings is 1. The molecule has 1 aromatic rings. The third-order valence-electron chi connectivity index (χ3n) is 12.7. The third-order valence-corrected chi connectivity index (χ3v) is 14.8. The van der Waals surface area contributed by atoms with E-state index >= 15 is 8.78 Å². The zero-order chi connectivity index (χ0) is 44.9. The topological polar surface area (TPSA) is 208 Å². The quantitative estimate of drug-likeness (QED) is 0.247. The molecule has 3 aliphatic heterocycles. The molecule has 1 aromatic carbocycles. The number of nitrogens with one attached hydrogen (secondary N) is 4. The van der Waals surface area contributed by atoms with Crippen LogP contribution in [0.25, 0.3) is 0 Å². The number of sulfonamides is 1. The van der Waals surface area contributed by atoms with E-state index in [1.54, 1.807) is 34.6 Å². The van der Waals surface area contributed by atoms with E-state index in [1.807, 2.05) is 10.8 Å². The van der Waals surface area contributed by atoms with Gasteiger partial charge in [0.1, 0.15) is 29.8 Å². The van der Waals surface area contributed by atoms with Gasteiger partial charge < -0.3 is 30.3 Å². The molecule has 336 valence electrons. The maximum atomic E-state index is 16.4. The minimum atomic E-state index is -4.32. The molecule has 5 aliphatic rings. The fourth-order valence-corrected chi connectivity index (χ4v) is 9.74. The van der Waals surface area contributed by atoms with Gasteiger partial charge in [0.25, 0.3) is 11.8 Å². The fourth-order valence-electron chi connectivity index (χ4n) is 8.43. The van der Waals surface area contributed by atoms with E-state index in [9.17, 15) is 41.6 Å². The molecule has 61 heavy (non-hydrogen) atoms. The molecule has 0 aromatic heterocycles. The number of nitriles is 1. The van der Waals surface area contributed by atoms with E-state index in [-0.39, 0.29) is 42.6 Å². The van der Waals surface area contributed by atoms with Crippen LogP contribution >= 0.6 is 0 Å². The number of hydrogen-bond acceptors (Lipinski definition) is 11. The number of alkyl halides is 4. The number of nitrogens with zero attached hydrogens (tertiary/aromatic N) is 3. The van der Waals surface area contributed by atoms with E-state index in [2.05, 4.69) is 20.9 Å². The predicted octanol–water partition coefficient (Wildman–Crippen LogP) is 5.66. The monoisotopic (exact) mass is 881 g/mol. The highest BCUT2D eigenvalue weighted by atomic mass is 32.2. The van der Waals surface area contributed by atoms with Crippen molar-refractivity contribution < 1.29 is 54.6 Å². The average Bonchev–Trinajstić information content (AvgIpc) is 4.08. The molecule has 15 nitrogen and oxygen atoms in total. The Hall–Kier alpha value is -4.67. The van der Waals surface area contributed by atoms with Crippen molar-refractivity contribution in [3.63, 3.8) is 0 Å². The summed E-state index contributed by atoms with van der Waals surface area (Å²) in [6.45, 7) is 9.23. The molecule has 4 amide bonds. The van der Waals surface area contributed by atoms with Crippen LogP contribution in [0.2, 0.25) is 0 Å². The first-order chi connectivity index (χ1) is 28.5. The molecular formula is C41H55F4N7O8S. The number of ether oxygens (including phenoxy) is 2. The van der Waals surface area contributed by atoms with Gasteiger partial charge in [0.2, 0.25) is 34.2 Å². The smallest absolute Gasteiger partial charge is 0.408 e. The number of cyclic esters (lactones) is 1. The maximum Gasteiger partial charge on any atom is 0.408 e. The molecule has 0 radical (unpaired) electrons. The van der Waals surface area contributed by atoms with E-state index < -0.39 is 129 Å². The highest BCUT2D eigenvalue weighted by Gasteiger charge is 2.68. The van der Waals surface area contributed by atoms with Crippen LogP contribution in [0.3, 0.4) is 0 Å². The predicted molar refractivity (Wildman–Crippen MR) is 214 cm³/mol. The Kier molecular flexibility index (Phi) is 12.7. The summed E-state index contributed by atoms with van der Waals surface area (Å²) in [5, 5.41) is 17.4. The van der Waals surface area contributed by atoms with E-state index in [0.29, 0.717) is 25.7 Å². The van der Waals surface area contributed by atoms with Crippen molar-refractivity contribution in [3.05, 3.63) is 23.8 Å². The number of amides is 4. The molecule has 8 atom stereocenters. The number of hydrogen-bond donors (Lipinski definition) is 4. The molecule has 6 rings (SSSR count). The van der Waals surface area contributed by atoms with Gasteiger partial charge in [0.15, 0.2) is 6.04 Å². The first-order valence-corrected chi connectivity index (χ1v) is 22.3. The summed E-state index contributed by atoms with van der Waals surface area (Å²) in [6, 6.07) is 1.50. The lowest BCUT2D eigenvalue weighted by atomic mass is 9.85. The van der Waals surface area contributed by atoms with Gasteiger partial charge in [-0.15, -0.1) is 0 Å². The normalized spacial score (nSPS) is 31.4. The largest absolute Gasteiger partial charge is 0.473 e. The maximum absolute atomic E-state index is 16.4. The standard InChI is InChI=1S/C41H55F4N7O8S/c1-7-24-28-21-52(29(24)33(53)50-40(19-25(40)32(42)43)36(55)51-61(57,58)39(6)16-17-39)35(54)31(38(3,4)5)49-37(56)59-22(2)12-10-8-9-11-15-41(44,45)30-34(60-28)48-27-18-23(20-46)13-14-26(27)47-30/h13-14,18,22,24-25,28-32,47H,7-12,15-17,19,21H2,1-6H3,(H,49,56)(H,50,53)(H,51,55)/t22-,24-,25+,28+,29+,30?,31-,40-/m1/s1. The lowest BCUT2D eigenvalue weighted by Gasteiger charge is -2.36. The van der Waals surface area contributed by atoms with Crippen LogP contribution in [-0.2, 0) is 33.9 Å². The number of alkyl carbamates (subject to hydrolysis) is 1. The zero-order valence-electron chi connectivity index (χ0n) is 35.2. The van der Waals surface area contributed by atoms with Crippen molar-refractivity contribution in [2.45, 2.75) is 159 Å². The summed E-state index contributed by atoms with van der Waals surface area (Å²) in [7, 11) is -4.32. The molecule has 4 N–H and O–H groups in total. The minimum Gasteiger partial charge on any atom is -0.473 e. The summed E-state index contributed by atoms with van der Waals surface area (Å²) in [5.74, 6) is -10.0. The van der Waals surface area contributed by atoms with Gasteiger partial charge in [0.05, 0.1) is 40.2 Å². The van der Waals surface area contributed by atoms with Crippen LogP contribution in [0.15, 0.2) is 23.2 Å². The molecular weight excluding hydrogens is 827 g/mol. The molecule has 2 aliphatic carbocycles. The highest BCUT2D eigenvalue weighted by Crippen LogP contribution is 2.50. The van der Waals surface area contributed by atoms with E-state index in [0.717, 1.165) is 4.90 Å². The van der Waals surface area contributed by atoms with Crippen molar-refractivity contribution in [1.82, 2.24) is 20.3 Å². The first kappa shape index (κ1) is 45.8. The van der Waals surface area contributed by atoms with Crippen molar-refractivity contribution >= 4 is 51.1 Å². The summed E-state index contributed by atoms with van der Waals surface area (Å²) in [5.41, 5.74) is -2.85. The van der Waals surface area contributed by atoms with Crippen molar-refractivity contribution in [1.29, 1.82) is 5.26 Å². The second kappa shape index (κ2) is 16.9. The third kappa shape index (κ3) is 9.41. The summed E-state index contributed by atoms with van der Waals surface area (Å²) < 4.78 is 100. The Labute approximate surface area is 353 Å². The number of anilines is 1. The second-order valence-electron chi connectivity index (χ2n) is 18.4. The first-order valence-electron chi connectivity index (χ1n) is 20.9. The molecule has 3 heterocycles. The number of carbonyl (C=O) groups is 4. The van der Waals surface area contributed by atoms with Crippen LogP contribution in [0, 0.1) is 28.6 Å². The molecule has 20 heteroatoms. The Morgan fingerprint density at radius 3 is 2.38 bits per heavy atom. The van der Waals surface area contributed by atoms with E-state index in [1.165, 1.54) is 25.1 Å². The second-order valence-corrected chi connectivity index (χ2v) is 20.6. The highest BCUT2D eigenvalue weighted by molar-refractivity contribution is 7.91. The van der Waals surface area contributed by atoms with Gasteiger partial charge in [-0.05, 0) is 82.4 Å². The lowest BCUT2D eigenvalue weighted by Crippen LogP contribution is -2.61. The number of carbonyl (C=O) groups excluding carboxylic acids is 4. The Morgan fingerprint density at radius 1 is 1.08 bits per heavy atom. The van der Waals surface area contributed by atoms with Crippen LogP contribution < -0.4 is 20.7 Å². The Bertz CT molecular complexity index is 2090. The van der Waals surface area contributed by atoms with Crippen molar-refractivity contribution in [2.24, 2.45) is 22.2 Å². The Morgan fingerprint density at radius 2 is 1.77 bits per heavy atom. The minimum absolute atomic E-state index is 0.0425. The van der Waals surface area contributed by atoms with Gasteiger partial charge in [-0.3, -0.25) is 19.1 Å². The summed E-state index contributed by atoms with van der Waals surface area (Å²) in [4.78, 5) is 62.1. The van der Waals surface area contributed by atoms with Gasteiger partial charge in [-0.1, -0.05) is 40.5 Å². The van der Waals surface area contributed by atoms with Gasteiger partial charge in [0, 0.05) is 12.3 Å². The fraction of sp³-hybridized carbons (Fsp3) is 0.707. The molecule has 2 bridgehead atoms. The number of rotatable bonds is 7. The lowest BCUT2D eigenvalue weighted by molar-refractivity contribution is -0.144. The molecule has 0 spiro atoms. The number of fused-ring (bicyclic) bond motifs is 4. The van der Waals surface area contributed by atoms with Gasteiger partial charge >= 0.3 is 6.09 Å². The summed E-state index contributed by atoms with van der Waals surface area (Å²) >= 11 is 0. The van der Waals surface area contributed by atoms with Crippen LogP contribution in [-0.4, -0.2) is 103 Å². The van der Waals surface area contributed by atoms with Crippen molar-refractivity contribution in [3.8, 4) is 6.07 Å². The zero-order valence-corrected chi connectivity index (χ0v) is 36.0. The SMILES string of the molecule is CC[C@@H]1[C@@H]2CN(C(=O)[C@H](C(C)(C)C)NC(=O)O[C@H](C)CCCCCCC(F)(F)C3Nc4ccc(C#N)cc4N=C3O2)[C@@H]1C(=O)N[C@]1(C(=O)NS(=O)(=O)C2(C)CC2)C[C@H]1C(F)F. The van der Waals surface area contributed by atoms with Crippen LogP contribution in [0.5, 0.6) is 0 Å². The van der Waals surface area contributed by atoms with Crippen LogP contribution in [0.4, 0.5) is 33.7 Å². The average molecular weight is 882 g/mol. The van der Waals surface area contributed by atoms with E-state index in [4.69, 9.17) is 9.47 Å². The van der Waals surface area contributed by atoms with Gasteiger partial charge in [-0.2, -0.15) is 5.26 Å².